The lowest BCUT2D eigenvalue weighted by Crippen LogP contribution is -2.37. The summed E-state index contributed by atoms with van der Waals surface area (Å²) in [7, 11) is 0. The molecule has 1 aliphatic heterocycles. The number of likely N-dealkylation sites (tertiary alicyclic amines) is 1. The largest absolute Gasteiger partial charge is 0.360 e. The van der Waals surface area contributed by atoms with Gasteiger partial charge in [0.25, 0.3) is 0 Å². The quantitative estimate of drug-likeness (QED) is 0.623. The molecule has 2 fully saturated rings. The van der Waals surface area contributed by atoms with Crippen molar-refractivity contribution in [2.24, 2.45) is 0 Å². The van der Waals surface area contributed by atoms with Crippen LogP contribution >= 0.6 is 11.8 Å². The van der Waals surface area contributed by atoms with Crippen molar-refractivity contribution in [3.05, 3.63) is 30.5 Å². The number of hydrogen-bond acceptors (Lipinski definition) is 4. The molecule has 0 unspecified atom stereocenters. The summed E-state index contributed by atoms with van der Waals surface area (Å²) in [6.45, 7) is 3.79. The molecular weight excluding hydrogens is 382 g/mol. The predicted octanol–water partition coefficient (Wildman–Crippen LogP) is 4.64. The molecule has 6 nitrogen and oxygen atoms in total. The second-order valence-corrected chi connectivity index (χ2v) is 9.46. The summed E-state index contributed by atoms with van der Waals surface area (Å²) >= 11 is 1.56. The van der Waals surface area contributed by atoms with E-state index in [1.807, 2.05) is 24.1 Å². The molecule has 0 spiro atoms. The van der Waals surface area contributed by atoms with E-state index < -0.39 is 0 Å². The highest BCUT2D eigenvalue weighted by Crippen LogP contribution is 2.43. The predicted molar refractivity (Wildman–Crippen MR) is 116 cm³/mol. The SMILES string of the molecule is C[C@@H](Sc1nnc(-c2c[nH]c3ccccc23)n1C1CC1)C(=O)N1CCCCCC1. The fourth-order valence-corrected chi connectivity index (χ4v) is 5.22. The molecule has 1 amide bonds. The number of carbonyl (C=O) groups is 1. The lowest BCUT2D eigenvalue weighted by Gasteiger charge is -2.23. The van der Waals surface area contributed by atoms with E-state index in [0.717, 1.165) is 66.2 Å². The number of para-hydroxylation sites is 1. The van der Waals surface area contributed by atoms with Gasteiger partial charge >= 0.3 is 0 Å². The topological polar surface area (TPSA) is 66.8 Å². The number of fused-ring (bicyclic) bond motifs is 1. The highest BCUT2D eigenvalue weighted by atomic mass is 32.2. The van der Waals surface area contributed by atoms with Gasteiger partial charge in [-0.3, -0.25) is 9.36 Å². The van der Waals surface area contributed by atoms with E-state index in [2.05, 4.69) is 37.9 Å². The minimum Gasteiger partial charge on any atom is -0.360 e. The van der Waals surface area contributed by atoms with Crippen LogP contribution in [0, 0.1) is 0 Å². The number of benzene rings is 1. The Morgan fingerprint density at radius 3 is 2.66 bits per heavy atom. The van der Waals surface area contributed by atoms with Gasteiger partial charge in [-0.2, -0.15) is 0 Å². The van der Waals surface area contributed by atoms with Crippen LogP contribution in [0.5, 0.6) is 0 Å². The number of aromatic amines is 1. The first-order valence-corrected chi connectivity index (χ1v) is 11.6. The highest BCUT2D eigenvalue weighted by Gasteiger charge is 2.33. The molecule has 1 saturated heterocycles. The summed E-state index contributed by atoms with van der Waals surface area (Å²) in [6.07, 6.45) is 9.02. The van der Waals surface area contributed by atoms with Crippen LogP contribution in [0.15, 0.2) is 35.6 Å². The minimum absolute atomic E-state index is 0.148. The zero-order chi connectivity index (χ0) is 19.8. The van der Waals surface area contributed by atoms with Gasteiger partial charge in [0, 0.05) is 41.8 Å². The van der Waals surface area contributed by atoms with Crippen molar-refractivity contribution in [3.63, 3.8) is 0 Å². The maximum absolute atomic E-state index is 13.0. The lowest BCUT2D eigenvalue weighted by molar-refractivity contribution is -0.130. The molecule has 3 aromatic rings. The van der Waals surface area contributed by atoms with E-state index in [0.29, 0.717) is 6.04 Å². The average molecular weight is 410 g/mol. The molecule has 2 aliphatic rings. The summed E-state index contributed by atoms with van der Waals surface area (Å²) in [4.78, 5) is 18.4. The number of nitrogens with zero attached hydrogens (tertiary/aromatic N) is 4. The van der Waals surface area contributed by atoms with Crippen molar-refractivity contribution < 1.29 is 4.79 Å². The van der Waals surface area contributed by atoms with Crippen LogP contribution in [0.4, 0.5) is 0 Å². The van der Waals surface area contributed by atoms with Gasteiger partial charge in [-0.05, 0) is 38.7 Å². The van der Waals surface area contributed by atoms with Crippen LogP contribution in [0.3, 0.4) is 0 Å². The monoisotopic (exact) mass is 409 g/mol. The summed E-state index contributed by atoms with van der Waals surface area (Å²) < 4.78 is 2.26. The van der Waals surface area contributed by atoms with Gasteiger partial charge in [0.15, 0.2) is 11.0 Å². The van der Waals surface area contributed by atoms with Crippen molar-refractivity contribution in [2.45, 2.75) is 61.9 Å². The zero-order valence-electron chi connectivity index (χ0n) is 16.8. The summed E-state index contributed by atoms with van der Waals surface area (Å²) in [5, 5.41) is 11.0. The summed E-state index contributed by atoms with van der Waals surface area (Å²) in [5.74, 6) is 1.14. The van der Waals surface area contributed by atoms with Gasteiger partial charge in [0.05, 0.1) is 5.25 Å². The fraction of sp³-hybridized carbons (Fsp3) is 0.500. The van der Waals surface area contributed by atoms with E-state index in [1.165, 1.54) is 12.8 Å². The molecule has 1 aromatic carbocycles. The van der Waals surface area contributed by atoms with Gasteiger partial charge in [-0.1, -0.05) is 42.8 Å². The van der Waals surface area contributed by atoms with E-state index in [1.54, 1.807) is 11.8 Å². The number of H-pyrrole nitrogens is 1. The first kappa shape index (κ1) is 18.7. The number of thioether (sulfide) groups is 1. The molecular formula is C22H27N5OS. The van der Waals surface area contributed by atoms with Crippen molar-refractivity contribution in [1.82, 2.24) is 24.6 Å². The van der Waals surface area contributed by atoms with E-state index in [-0.39, 0.29) is 11.2 Å². The molecule has 152 valence electrons. The summed E-state index contributed by atoms with van der Waals surface area (Å²) in [6, 6.07) is 8.72. The van der Waals surface area contributed by atoms with E-state index in [4.69, 9.17) is 0 Å². The van der Waals surface area contributed by atoms with Crippen LogP contribution < -0.4 is 0 Å². The third-order valence-electron chi connectivity index (χ3n) is 5.95. The Kier molecular flexibility index (Phi) is 5.08. The molecule has 1 saturated carbocycles. The molecule has 1 atom stereocenters. The number of nitrogens with one attached hydrogen (secondary N) is 1. The Labute approximate surface area is 175 Å². The van der Waals surface area contributed by atoms with E-state index >= 15 is 0 Å². The molecule has 3 heterocycles. The Balaban J connectivity index is 1.42. The third-order valence-corrected chi connectivity index (χ3v) is 7.00. The molecule has 1 aliphatic carbocycles. The zero-order valence-corrected chi connectivity index (χ0v) is 17.6. The molecule has 7 heteroatoms. The fourth-order valence-electron chi connectivity index (χ4n) is 4.22. The first-order valence-electron chi connectivity index (χ1n) is 10.7. The highest BCUT2D eigenvalue weighted by molar-refractivity contribution is 8.00. The van der Waals surface area contributed by atoms with Crippen molar-refractivity contribution in [3.8, 4) is 11.4 Å². The smallest absolute Gasteiger partial charge is 0.235 e. The van der Waals surface area contributed by atoms with Gasteiger partial charge in [-0.25, -0.2) is 0 Å². The van der Waals surface area contributed by atoms with Gasteiger partial charge in [0.2, 0.25) is 5.91 Å². The Morgan fingerprint density at radius 1 is 1.14 bits per heavy atom. The molecule has 2 aromatic heterocycles. The number of amides is 1. The van der Waals surface area contributed by atoms with Crippen LogP contribution in [0.1, 0.15) is 51.5 Å². The van der Waals surface area contributed by atoms with Gasteiger partial charge in [-0.15, -0.1) is 10.2 Å². The maximum atomic E-state index is 13.0. The molecule has 0 radical (unpaired) electrons. The lowest BCUT2D eigenvalue weighted by atomic mass is 10.1. The number of rotatable bonds is 5. The second kappa shape index (κ2) is 7.86. The van der Waals surface area contributed by atoms with Crippen LogP contribution in [0.2, 0.25) is 0 Å². The van der Waals surface area contributed by atoms with Gasteiger partial charge < -0.3 is 9.88 Å². The van der Waals surface area contributed by atoms with Crippen LogP contribution in [0.25, 0.3) is 22.3 Å². The Bertz CT molecular complexity index is 1010. The number of hydrogen-bond donors (Lipinski definition) is 1. The molecule has 5 rings (SSSR count). The Morgan fingerprint density at radius 2 is 1.90 bits per heavy atom. The third kappa shape index (κ3) is 3.68. The van der Waals surface area contributed by atoms with E-state index in [9.17, 15) is 4.79 Å². The first-order chi connectivity index (χ1) is 14.2. The van der Waals surface area contributed by atoms with Crippen molar-refractivity contribution >= 4 is 28.6 Å². The standard InChI is InChI=1S/C22H27N5OS/c1-15(21(28)26-12-6-2-3-7-13-26)29-22-25-24-20(27(22)16-10-11-16)18-14-23-19-9-5-4-8-17(18)19/h4-5,8-9,14-16,23H,2-3,6-7,10-13H2,1H3/t15-/m1/s1. The molecule has 1 N–H and O–H groups in total. The van der Waals surface area contributed by atoms with Gasteiger partial charge in [0.1, 0.15) is 0 Å². The molecule has 29 heavy (non-hydrogen) atoms. The molecule has 0 bridgehead atoms. The Hall–Kier alpha value is -2.28. The second-order valence-electron chi connectivity index (χ2n) is 8.15. The average Bonchev–Trinajstić information content (AvgIpc) is 3.44. The normalized spacial score (nSPS) is 18.7. The maximum Gasteiger partial charge on any atom is 0.235 e. The van der Waals surface area contributed by atoms with Crippen molar-refractivity contribution in [1.29, 1.82) is 0 Å². The summed E-state index contributed by atoms with van der Waals surface area (Å²) in [5.41, 5.74) is 2.19. The van der Waals surface area contributed by atoms with Crippen molar-refractivity contribution in [2.75, 3.05) is 13.1 Å². The number of carbonyl (C=O) groups excluding carboxylic acids is 1. The number of aromatic nitrogens is 4. The minimum atomic E-state index is -0.148. The van der Waals surface area contributed by atoms with Crippen LogP contribution in [-0.2, 0) is 4.79 Å². The van der Waals surface area contributed by atoms with Crippen LogP contribution in [-0.4, -0.2) is 48.9 Å².